The van der Waals surface area contributed by atoms with Crippen LogP contribution in [0.5, 0.6) is 0 Å². The van der Waals surface area contributed by atoms with Crippen LogP contribution in [0.1, 0.15) is 25.3 Å². The Morgan fingerprint density at radius 3 is 2.54 bits per heavy atom. The van der Waals surface area contributed by atoms with E-state index in [2.05, 4.69) is 77.5 Å². The first-order valence-electron chi connectivity index (χ1n) is 10.1. The van der Waals surface area contributed by atoms with Crippen molar-refractivity contribution < 1.29 is 0 Å². The molecule has 3 aromatic rings. The van der Waals surface area contributed by atoms with Crippen molar-refractivity contribution >= 4 is 33.3 Å². The van der Waals surface area contributed by atoms with Crippen molar-refractivity contribution in [2.45, 2.75) is 32.4 Å². The van der Waals surface area contributed by atoms with Crippen LogP contribution in [0.4, 0.5) is 11.8 Å². The molecule has 2 aromatic heterocycles. The lowest BCUT2D eigenvalue weighted by Gasteiger charge is -2.37. The van der Waals surface area contributed by atoms with Crippen molar-refractivity contribution in [1.82, 2.24) is 14.9 Å². The predicted octanol–water partition coefficient (Wildman–Crippen LogP) is 4.25. The maximum Gasteiger partial charge on any atom is 0.227 e. The summed E-state index contributed by atoms with van der Waals surface area (Å²) in [6.07, 6.45) is 2.29. The third-order valence-electron chi connectivity index (χ3n) is 5.78. The van der Waals surface area contributed by atoms with Crippen LogP contribution in [0.3, 0.4) is 0 Å². The molecule has 0 radical (unpaired) electrons. The molecule has 28 heavy (non-hydrogen) atoms. The second kappa shape index (κ2) is 8.45. The fourth-order valence-corrected chi connectivity index (χ4v) is 4.75. The minimum absolute atomic E-state index is 0.489. The summed E-state index contributed by atoms with van der Waals surface area (Å²) in [7, 11) is 4.26. The molecule has 0 aliphatic carbocycles. The van der Waals surface area contributed by atoms with Gasteiger partial charge in [-0.15, -0.1) is 11.3 Å². The average Bonchev–Trinajstić information content (AvgIpc) is 3.22. The van der Waals surface area contributed by atoms with Crippen LogP contribution >= 0.6 is 11.3 Å². The van der Waals surface area contributed by atoms with Gasteiger partial charge in [-0.05, 0) is 36.8 Å². The molecule has 1 aliphatic heterocycles. The quantitative estimate of drug-likeness (QED) is 0.624. The molecule has 0 spiro atoms. The molecule has 1 aromatic carbocycles. The lowest BCUT2D eigenvalue weighted by Crippen LogP contribution is -2.43. The minimum Gasteiger partial charge on any atom is -0.359 e. The molecule has 5 nitrogen and oxygen atoms in total. The summed E-state index contributed by atoms with van der Waals surface area (Å²) < 4.78 is 1.18. The zero-order chi connectivity index (χ0) is 19.5. The highest BCUT2D eigenvalue weighted by atomic mass is 32.1. The molecule has 3 heterocycles. The molecule has 0 amide bonds. The Balaban J connectivity index is 1.46. The molecule has 0 atom stereocenters. The summed E-state index contributed by atoms with van der Waals surface area (Å²) in [4.78, 5) is 16.9. The van der Waals surface area contributed by atoms with Gasteiger partial charge in [0.25, 0.3) is 0 Å². The van der Waals surface area contributed by atoms with E-state index in [1.54, 1.807) is 11.3 Å². The topological polar surface area (TPSA) is 35.5 Å². The number of fused-ring (bicyclic) bond motifs is 1. The standard InChI is InChI=1S/C22H29N5S/c1-4-25(2)21-20-19(12-15-28-20)23-22(24-21)26(3)18-10-13-27(14-11-18)16-17-8-6-5-7-9-17/h5-9,12,15,18H,4,10-11,13-14,16H2,1-3H3. The first kappa shape index (κ1) is 19.2. The Morgan fingerprint density at radius 2 is 1.82 bits per heavy atom. The zero-order valence-corrected chi connectivity index (χ0v) is 17.8. The number of anilines is 2. The number of aromatic nitrogens is 2. The number of likely N-dealkylation sites (tertiary alicyclic amines) is 1. The third kappa shape index (κ3) is 3.98. The summed E-state index contributed by atoms with van der Waals surface area (Å²) >= 11 is 1.72. The van der Waals surface area contributed by atoms with Crippen LogP contribution in [0.25, 0.3) is 10.2 Å². The van der Waals surface area contributed by atoms with Gasteiger partial charge in [-0.1, -0.05) is 30.3 Å². The summed E-state index contributed by atoms with van der Waals surface area (Å²) in [5, 5.41) is 2.11. The number of piperidine rings is 1. The van der Waals surface area contributed by atoms with E-state index >= 15 is 0 Å². The largest absolute Gasteiger partial charge is 0.359 e. The third-order valence-corrected chi connectivity index (χ3v) is 6.68. The van der Waals surface area contributed by atoms with E-state index < -0.39 is 0 Å². The number of hydrogen-bond donors (Lipinski definition) is 0. The van der Waals surface area contributed by atoms with Gasteiger partial charge >= 0.3 is 0 Å². The van der Waals surface area contributed by atoms with Gasteiger partial charge in [-0.3, -0.25) is 4.90 Å². The van der Waals surface area contributed by atoms with Crippen LogP contribution in [-0.2, 0) is 6.54 Å². The van der Waals surface area contributed by atoms with Gasteiger partial charge in [0.2, 0.25) is 5.95 Å². The van der Waals surface area contributed by atoms with Gasteiger partial charge in [0.1, 0.15) is 0 Å². The Hall–Kier alpha value is -2.18. The zero-order valence-electron chi connectivity index (χ0n) is 17.0. The van der Waals surface area contributed by atoms with Crippen LogP contribution in [0.15, 0.2) is 41.8 Å². The summed E-state index contributed by atoms with van der Waals surface area (Å²) in [5.74, 6) is 1.90. The van der Waals surface area contributed by atoms with Crippen molar-refractivity contribution in [2.75, 3.05) is 43.5 Å². The predicted molar refractivity (Wildman–Crippen MR) is 120 cm³/mol. The number of nitrogens with zero attached hydrogens (tertiary/aromatic N) is 5. The van der Waals surface area contributed by atoms with Gasteiger partial charge in [-0.25, -0.2) is 4.98 Å². The van der Waals surface area contributed by atoms with Gasteiger partial charge in [-0.2, -0.15) is 4.98 Å². The van der Waals surface area contributed by atoms with Crippen LogP contribution in [-0.4, -0.2) is 54.6 Å². The normalized spacial score (nSPS) is 15.8. The van der Waals surface area contributed by atoms with E-state index in [9.17, 15) is 0 Å². The molecule has 0 bridgehead atoms. The molecule has 148 valence electrons. The number of hydrogen-bond acceptors (Lipinski definition) is 6. The Labute approximate surface area is 171 Å². The molecule has 0 N–H and O–H groups in total. The summed E-state index contributed by atoms with van der Waals surface area (Å²) in [6, 6.07) is 13.4. The molecule has 1 fully saturated rings. The smallest absolute Gasteiger partial charge is 0.227 e. The van der Waals surface area contributed by atoms with E-state index in [-0.39, 0.29) is 0 Å². The van der Waals surface area contributed by atoms with Crippen molar-refractivity contribution in [2.24, 2.45) is 0 Å². The van der Waals surface area contributed by atoms with E-state index in [4.69, 9.17) is 9.97 Å². The van der Waals surface area contributed by atoms with Gasteiger partial charge in [0.05, 0.1) is 10.2 Å². The molecule has 0 unspecified atom stereocenters. The van der Waals surface area contributed by atoms with E-state index in [0.717, 1.165) is 56.3 Å². The van der Waals surface area contributed by atoms with Crippen LogP contribution < -0.4 is 9.80 Å². The van der Waals surface area contributed by atoms with E-state index in [0.29, 0.717) is 6.04 Å². The van der Waals surface area contributed by atoms with Crippen LogP contribution in [0.2, 0.25) is 0 Å². The molecule has 0 saturated carbocycles. The maximum atomic E-state index is 4.94. The summed E-state index contributed by atoms with van der Waals surface area (Å²) in [5.41, 5.74) is 2.45. The monoisotopic (exact) mass is 395 g/mol. The Morgan fingerprint density at radius 1 is 1.07 bits per heavy atom. The van der Waals surface area contributed by atoms with E-state index in [1.807, 2.05) is 0 Å². The first-order valence-corrected chi connectivity index (χ1v) is 11.0. The fourth-order valence-electron chi connectivity index (χ4n) is 3.87. The lowest BCUT2D eigenvalue weighted by molar-refractivity contribution is 0.203. The first-order chi connectivity index (χ1) is 13.7. The van der Waals surface area contributed by atoms with Crippen molar-refractivity contribution in [1.29, 1.82) is 0 Å². The molecular formula is C22H29N5S. The van der Waals surface area contributed by atoms with Crippen molar-refractivity contribution in [3.63, 3.8) is 0 Å². The highest BCUT2D eigenvalue weighted by Crippen LogP contribution is 2.31. The minimum atomic E-state index is 0.489. The van der Waals surface area contributed by atoms with Gasteiger partial charge in [0, 0.05) is 46.3 Å². The number of thiophene rings is 1. The van der Waals surface area contributed by atoms with Crippen molar-refractivity contribution in [3.8, 4) is 0 Å². The molecule has 4 rings (SSSR count). The van der Waals surface area contributed by atoms with Crippen molar-refractivity contribution in [3.05, 3.63) is 47.3 Å². The lowest BCUT2D eigenvalue weighted by atomic mass is 10.0. The SMILES string of the molecule is CCN(C)c1nc(N(C)C2CCN(Cc3ccccc3)CC2)nc2ccsc12. The number of rotatable bonds is 6. The van der Waals surface area contributed by atoms with E-state index in [1.165, 1.54) is 10.3 Å². The fraction of sp³-hybridized carbons (Fsp3) is 0.455. The molecule has 1 saturated heterocycles. The average molecular weight is 396 g/mol. The van der Waals surface area contributed by atoms with Crippen LogP contribution in [0, 0.1) is 0 Å². The summed E-state index contributed by atoms with van der Waals surface area (Å²) in [6.45, 7) is 6.37. The second-order valence-electron chi connectivity index (χ2n) is 7.60. The maximum absolute atomic E-state index is 4.94. The molecular weight excluding hydrogens is 366 g/mol. The Bertz CT molecular complexity index is 902. The highest BCUT2D eigenvalue weighted by Gasteiger charge is 2.25. The molecule has 6 heteroatoms. The number of benzene rings is 1. The second-order valence-corrected chi connectivity index (χ2v) is 8.52. The highest BCUT2D eigenvalue weighted by molar-refractivity contribution is 7.17. The van der Waals surface area contributed by atoms with Gasteiger partial charge < -0.3 is 9.80 Å². The van der Waals surface area contributed by atoms with Gasteiger partial charge in [0.15, 0.2) is 5.82 Å². The Kier molecular flexibility index (Phi) is 5.78. The molecule has 1 aliphatic rings.